The topological polar surface area (TPSA) is 81.1 Å². The normalized spacial score (nSPS) is 15.8. The number of hydrogen-bond acceptors (Lipinski definition) is 4. The number of ether oxygens (including phenoxy) is 1. The Morgan fingerprint density at radius 3 is 3.00 bits per heavy atom. The Balaban J connectivity index is 1.46. The molecule has 0 fully saturated rings. The summed E-state index contributed by atoms with van der Waals surface area (Å²) in [5.74, 6) is 0.345. The van der Waals surface area contributed by atoms with Crippen LogP contribution in [0.3, 0.4) is 0 Å². The second kappa shape index (κ2) is 8.08. The lowest BCUT2D eigenvalue weighted by Gasteiger charge is -2.19. The van der Waals surface area contributed by atoms with Gasteiger partial charge in [0.25, 0.3) is 0 Å². The van der Waals surface area contributed by atoms with Gasteiger partial charge in [-0.25, -0.2) is 13.9 Å². The SMILES string of the molecule is O=C(Nc1ccnn1Cc1ccccn1)NC1CCCOc2c(F)cccc21. The van der Waals surface area contributed by atoms with E-state index in [2.05, 4.69) is 20.7 Å². The zero-order valence-electron chi connectivity index (χ0n) is 15.1. The van der Waals surface area contributed by atoms with Gasteiger partial charge < -0.3 is 10.1 Å². The van der Waals surface area contributed by atoms with Crippen molar-refractivity contribution >= 4 is 11.8 Å². The summed E-state index contributed by atoms with van der Waals surface area (Å²) in [5, 5.41) is 9.97. The van der Waals surface area contributed by atoms with Crippen molar-refractivity contribution in [3.63, 3.8) is 0 Å². The number of benzene rings is 1. The van der Waals surface area contributed by atoms with Gasteiger partial charge in [0.1, 0.15) is 5.82 Å². The molecule has 1 atom stereocenters. The second-order valence-electron chi connectivity index (χ2n) is 6.50. The predicted octanol–water partition coefficient (Wildman–Crippen LogP) is 3.50. The van der Waals surface area contributed by atoms with E-state index in [1.165, 1.54) is 6.07 Å². The first-order chi connectivity index (χ1) is 13.7. The van der Waals surface area contributed by atoms with Crippen LogP contribution in [0.2, 0.25) is 0 Å². The van der Waals surface area contributed by atoms with Crippen molar-refractivity contribution in [2.24, 2.45) is 0 Å². The molecule has 7 nitrogen and oxygen atoms in total. The van der Waals surface area contributed by atoms with E-state index in [9.17, 15) is 9.18 Å². The first-order valence-corrected chi connectivity index (χ1v) is 9.11. The molecular formula is C20H20FN5O2. The fraction of sp³-hybridized carbons (Fsp3) is 0.250. The van der Waals surface area contributed by atoms with Gasteiger partial charge in [-0.2, -0.15) is 5.10 Å². The van der Waals surface area contributed by atoms with Crippen molar-refractivity contribution in [2.75, 3.05) is 11.9 Å². The maximum Gasteiger partial charge on any atom is 0.320 e. The molecule has 0 bridgehead atoms. The molecule has 2 amide bonds. The fourth-order valence-corrected chi connectivity index (χ4v) is 3.24. The lowest BCUT2D eigenvalue weighted by atomic mass is 10.0. The van der Waals surface area contributed by atoms with E-state index >= 15 is 0 Å². The third-order valence-electron chi connectivity index (χ3n) is 4.56. The van der Waals surface area contributed by atoms with Crippen LogP contribution in [0.15, 0.2) is 54.9 Å². The van der Waals surface area contributed by atoms with Crippen molar-refractivity contribution in [1.82, 2.24) is 20.1 Å². The molecule has 4 rings (SSSR count). The molecule has 0 radical (unpaired) electrons. The van der Waals surface area contributed by atoms with Crippen LogP contribution in [0.25, 0.3) is 0 Å². The van der Waals surface area contributed by atoms with E-state index in [4.69, 9.17) is 4.74 Å². The molecule has 144 valence electrons. The number of rotatable bonds is 4. The van der Waals surface area contributed by atoms with Crippen molar-refractivity contribution in [1.29, 1.82) is 0 Å². The number of amides is 2. The van der Waals surface area contributed by atoms with Gasteiger partial charge in [0, 0.05) is 17.8 Å². The number of halogens is 1. The summed E-state index contributed by atoms with van der Waals surface area (Å²) in [6, 6.07) is 11.4. The maximum absolute atomic E-state index is 14.1. The summed E-state index contributed by atoms with van der Waals surface area (Å²) in [7, 11) is 0. The minimum Gasteiger partial charge on any atom is -0.490 e. The van der Waals surface area contributed by atoms with Gasteiger partial charge in [-0.3, -0.25) is 10.3 Å². The third kappa shape index (κ3) is 3.95. The molecule has 1 aliphatic heterocycles. The summed E-state index contributed by atoms with van der Waals surface area (Å²) in [5.41, 5.74) is 1.48. The number of carbonyl (C=O) groups excluding carboxylic acids is 1. The number of fused-ring (bicyclic) bond motifs is 1. The zero-order chi connectivity index (χ0) is 19.3. The molecule has 0 spiro atoms. The van der Waals surface area contributed by atoms with Crippen LogP contribution in [0, 0.1) is 5.82 Å². The number of para-hydroxylation sites is 1. The van der Waals surface area contributed by atoms with Crippen LogP contribution in [0.1, 0.15) is 30.1 Å². The van der Waals surface area contributed by atoms with Gasteiger partial charge in [-0.1, -0.05) is 18.2 Å². The number of aromatic nitrogens is 3. The van der Waals surface area contributed by atoms with Gasteiger partial charge in [0.15, 0.2) is 11.6 Å². The van der Waals surface area contributed by atoms with Gasteiger partial charge >= 0.3 is 6.03 Å². The van der Waals surface area contributed by atoms with Crippen molar-refractivity contribution in [3.05, 3.63) is 71.9 Å². The molecule has 8 heteroatoms. The predicted molar refractivity (Wildman–Crippen MR) is 102 cm³/mol. The summed E-state index contributed by atoms with van der Waals surface area (Å²) in [6.45, 7) is 0.860. The molecular weight excluding hydrogens is 361 g/mol. The molecule has 2 N–H and O–H groups in total. The van der Waals surface area contributed by atoms with Crippen LogP contribution in [-0.4, -0.2) is 27.4 Å². The zero-order valence-corrected chi connectivity index (χ0v) is 15.1. The van der Waals surface area contributed by atoms with E-state index < -0.39 is 5.82 Å². The van der Waals surface area contributed by atoms with E-state index in [1.807, 2.05) is 18.2 Å². The number of urea groups is 1. The maximum atomic E-state index is 14.1. The van der Waals surface area contributed by atoms with E-state index in [0.717, 1.165) is 12.1 Å². The molecule has 3 aromatic rings. The molecule has 0 aliphatic carbocycles. The molecule has 2 aromatic heterocycles. The van der Waals surface area contributed by atoms with Crippen LogP contribution >= 0.6 is 0 Å². The Morgan fingerprint density at radius 2 is 2.14 bits per heavy atom. The molecule has 0 saturated heterocycles. The Morgan fingerprint density at radius 1 is 1.21 bits per heavy atom. The standard InChI is InChI=1S/C20H20FN5O2/c21-16-7-3-6-15-17(8-4-12-28-19(15)16)24-20(27)25-18-9-11-23-26(18)13-14-5-1-2-10-22-14/h1-3,5-7,9-11,17H,4,8,12-13H2,(H2,24,25,27). The number of carbonyl (C=O) groups is 1. The largest absolute Gasteiger partial charge is 0.490 e. The van der Waals surface area contributed by atoms with E-state index in [1.54, 1.807) is 35.3 Å². The summed E-state index contributed by atoms with van der Waals surface area (Å²) in [6.07, 6.45) is 4.71. The highest BCUT2D eigenvalue weighted by Crippen LogP contribution is 2.33. The summed E-state index contributed by atoms with van der Waals surface area (Å²) >= 11 is 0. The Labute approximate surface area is 161 Å². The summed E-state index contributed by atoms with van der Waals surface area (Å²) in [4.78, 5) is 16.8. The molecule has 3 heterocycles. The molecule has 1 aliphatic rings. The third-order valence-corrected chi connectivity index (χ3v) is 4.56. The second-order valence-corrected chi connectivity index (χ2v) is 6.50. The average molecular weight is 381 g/mol. The minimum absolute atomic E-state index is 0.213. The highest BCUT2D eigenvalue weighted by atomic mass is 19.1. The van der Waals surface area contributed by atoms with Gasteiger partial charge in [-0.05, 0) is 31.0 Å². The van der Waals surface area contributed by atoms with Crippen molar-refractivity contribution in [2.45, 2.75) is 25.4 Å². The minimum atomic E-state index is -0.417. The van der Waals surface area contributed by atoms with E-state index in [0.29, 0.717) is 31.0 Å². The van der Waals surface area contributed by atoms with Crippen molar-refractivity contribution < 1.29 is 13.9 Å². The van der Waals surface area contributed by atoms with Crippen LogP contribution in [-0.2, 0) is 6.54 Å². The number of pyridine rings is 1. The van der Waals surface area contributed by atoms with Crippen molar-refractivity contribution in [3.8, 4) is 5.75 Å². The summed E-state index contributed by atoms with van der Waals surface area (Å²) < 4.78 is 21.2. The molecule has 1 unspecified atom stereocenters. The smallest absolute Gasteiger partial charge is 0.320 e. The number of hydrogen-bond donors (Lipinski definition) is 2. The van der Waals surface area contributed by atoms with Crippen LogP contribution in [0.5, 0.6) is 5.75 Å². The van der Waals surface area contributed by atoms with E-state index in [-0.39, 0.29) is 17.8 Å². The molecule has 1 aromatic carbocycles. The Bertz CT molecular complexity index is 960. The average Bonchev–Trinajstić information content (AvgIpc) is 3.01. The number of nitrogens with zero attached hydrogens (tertiary/aromatic N) is 3. The van der Waals surface area contributed by atoms with Gasteiger partial charge in [0.05, 0.1) is 31.1 Å². The molecule has 28 heavy (non-hydrogen) atoms. The van der Waals surface area contributed by atoms with Gasteiger partial charge in [0.2, 0.25) is 0 Å². The van der Waals surface area contributed by atoms with Gasteiger partial charge in [-0.15, -0.1) is 0 Å². The highest BCUT2D eigenvalue weighted by Gasteiger charge is 2.24. The monoisotopic (exact) mass is 381 g/mol. The highest BCUT2D eigenvalue weighted by molar-refractivity contribution is 5.88. The number of anilines is 1. The fourth-order valence-electron chi connectivity index (χ4n) is 3.24. The lowest BCUT2D eigenvalue weighted by Crippen LogP contribution is -2.33. The molecule has 0 saturated carbocycles. The number of nitrogens with one attached hydrogen (secondary N) is 2. The first-order valence-electron chi connectivity index (χ1n) is 9.11. The lowest BCUT2D eigenvalue weighted by molar-refractivity contribution is 0.247. The first kappa shape index (κ1) is 18.0. The quantitative estimate of drug-likeness (QED) is 0.725. The van der Waals surface area contributed by atoms with Crippen LogP contribution in [0.4, 0.5) is 15.0 Å². The Kier molecular flexibility index (Phi) is 5.18. The van der Waals surface area contributed by atoms with Crippen LogP contribution < -0.4 is 15.4 Å². The Hall–Kier alpha value is -3.42.